The normalized spacial score (nSPS) is 28.7. The highest BCUT2D eigenvalue weighted by Crippen LogP contribution is 2.24. The van der Waals surface area contributed by atoms with Gasteiger partial charge >= 0.3 is 0 Å². The Kier molecular flexibility index (Phi) is 1.27. The Labute approximate surface area is 64.3 Å². The van der Waals surface area contributed by atoms with Crippen LogP contribution >= 0.6 is 11.6 Å². The standard InChI is InChI=1S/C7H7ClN2/c8-6-3-5-1-2-9-7(5)10-4-6/h1-2,4-5H,3H2,(H,9,10). The van der Waals surface area contributed by atoms with Gasteiger partial charge in [0.1, 0.15) is 5.84 Å². The third-order valence-electron chi connectivity index (χ3n) is 1.67. The van der Waals surface area contributed by atoms with Crippen LogP contribution in [0.1, 0.15) is 6.42 Å². The molecule has 3 heteroatoms. The van der Waals surface area contributed by atoms with Gasteiger partial charge in [0.25, 0.3) is 0 Å². The van der Waals surface area contributed by atoms with Crippen molar-refractivity contribution >= 4 is 17.4 Å². The molecule has 0 aromatic carbocycles. The lowest BCUT2D eigenvalue weighted by Crippen LogP contribution is -2.21. The van der Waals surface area contributed by atoms with Crippen LogP contribution in [0.4, 0.5) is 0 Å². The Morgan fingerprint density at radius 2 is 2.60 bits per heavy atom. The Morgan fingerprint density at radius 3 is 3.50 bits per heavy atom. The smallest absolute Gasteiger partial charge is 0.113 e. The number of aliphatic imine (C=N–C) groups is 1. The van der Waals surface area contributed by atoms with Crippen molar-refractivity contribution in [3.05, 3.63) is 23.5 Å². The molecule has 2 rings (SSSR count). The van der Waals surface area contributed by atoms with Crippen LogP contribution in [0, 0.1) is 5.92 Å². The highest BCUT2D eigenvalue weighted by molar-refractivity contribution is 6.30. The summed E-state index contributed by atoms with van der Waals surface area (Å²) in [6.07, 6.45) is 6.58. The fourth-order valence-corrected chi connectivity index (χ4v) is 1.36. The van der Waals surface area contributed by atoms with Gasteiger partial charge < -0.3 is 5.32 Å². The molecule has 0 radical (unpaired) electrons. The first-order valence-electron chi connectivity index (χ1n) is 3.22. The Morgan fingerprint density at radius 1 is 1.70 bits per heavy atom. The number of hydrogen-bond acceptors (Lipinski definition) is 2. The summed E-state index contributed by atoms with van der Waals surface area (Å²) in [5.74, 6) is 1.42. The van der Waals surface area contributed by atoms with Gasteiger partial charge in [-0.3, -0.25) is 0 Å². The molecule has 1 atom stereocenters. The molecule has 0 aliphatic carbocycles. The molecule has 1 unspecified atom stereocenters. The Bertz CT molecular complexity index is 240. The summed E-state index contributed by atoms with van der Waals surface area (Å²) in [4.78, 5) is 4.12. The molecule has 2 aliphatic heterocycles. The quantitative estimate of drug-likeness (QED) is 0.563. The maximum absolute atomic E-state index is 5.78. The summed E-state index contributed by atoms with van der Waals surface area (Å²) in [7, 11) is 0. The van der Waals surface area contributed by atoms with E-state index in [1.165, 1.54) is 0 Å². The van der Waals surface area contributed by atoms with E-state index in [9.17, 15) is 0 Å². The van der Waals surface area contributed by atoms with Gasteiger partial charge in [0.2, 0.25) is 0 Å². The Hall–Kier alpha value is -0.760. The zero-order valence-electron chi connectivity index (χ0n) is 5.34. The first-order valence-corrected chi connectivity index (χ1v) is 3.59. The van der Waals surface area contributed by atoms with Gasteiger partial charge in [-0.15, -0.1) is 0 Å². The molecule has 2 nitrogen and oxygen atoms in total. The minimum absolute atomic E-state index is 0.400. The molecule has 52 valence electrons. The summed E-state index contributed by atoms with van der Waals surface area (Å²) in [5, 5.41) is 3.88. The van der Waals surface area contributed by atoms with Crippen molar-refractivity contribution in [1.82, 2.24) is 5.32 Å². The minimum atomic E-state index is 0.400. The van der Waals surface area contributed by atoms with E-state index >= 15 is 0 Å². The summed E-state index contributed by atoms with van der Waals surface area (Å²) >= 11 is 5.78. The lowest BCUT2D eigenvalue weighted by Gasteiger charge is -2.11. The topological polar surface area (TPSA) is 24.4 Å². The van der Waals surface area contributed by atoms with Crippen molar-refractivity contribution in [3.63, 3.8) is 0 Å². The summed E-state index contributed by atoms with van der Waals surface area (Å²) < 4.78 is 0. The van der Waals surface area contributed by atoms with Crippen molar-refractivity contribution in [2.45, 2.75) is 6.42 Å². The highest BCUT2D eigenvalue weighted by atomic mass is 35.5. The van der Waals surface area contributed by atoms with E-state index in [1.807, 2.05) is 6.20 Å². The zero-order valence-corrected chi connectivity index (χ0v) is 6.10. The number of amidine groups is 1. The van der Waals surface area contributed by atoms with Crippen molar-refractivity contribution < 1.29 is 0 Å². The molecular weight excluding hydrogens is 148 g/mol. The van der Waals surface area contributed by atoms with Crippen LogP contribution in [-0.4, -0.2) is 5.84 Å². The lowest BCUT2D eigenvalue weighted by molar-refractivity contribution is 0.850. The van der Waals surface area contributed by atoms with Gasteiger partial charge in [0, 0.05) is 17.2 Å². The van der Waals surface area contributed by atoms with E-state index in [2.05, 4.69) is 16.4 Å². The first-order chi connectivity index (χ1) is 4.86. The predicted octanol–water partition coefficient (Wildman–Crippen LogP) is 1.60. The van der Waals surface area contributed by atoms with Crippen molar-refractivity contribution in [2.75, 3.05) is 0 Å². The second-order valence-electron chi connectivity index (χ2n) is 2.40. The van der Waals surface area contributed by atoms with Crippen molar-refractivity contribution in [2.24, 2.45) is 10.9 Å². The number of allylic oxidation sites excluding steroid dienone is 1. The van der Waals surface area contributed by atoms with Crippen LogP contribution in [0.3, 0.4) is 0 Å². The van der Waals surface area contributed by atoms with Gasteiger partial charge in [-0.2, -0.15) is 0 Å². The maximum atomic E-state index is 5.78. The summed E-state index contributed by atoms with van der Waals surface area (Å²) in [5.41, 5.74) is 0. The molecule has 0 amide bonds. The predicted molar refractivity (Wildman–Crippen MR) is 41.8 cm³/mol. The third kappa shape index (κ3) is 0.847. The van der Waals surface area contributed by atoms with Gasteiger partial charge in [0.15, 0.2) is 0 Å². The molecule has 0 fully saturated rings. The number of nitrogens with zero attached hydrogens (tertiary/aromatic N) is 1. The molecule has 1 N–H and O–H groups in total. The van der Waals surface area contributed by atoms with Crippen molar-refractivity contribution in [3.8, 4) is 0 Å². The number of rotatable bonds is 0. The molecule has 0 saturated carbocycles. The first kappa shape index (κ1) is 5.98. The number of fused-ring (bicyclic) bond motifs is 1. The Balaban J connectivity index is 2.28. The second kappa shape index (κ2) is 2.13. The molecule has 0 bridgehead atoms. The third-order valence-corrected chi connectivity index (χ3v) is 1.92. The largest absolute Gasteiger partial charge is 0.350 e. The lowest BCUT2D eigenvalue weighted by atomic mass is 10.0. The van der Waals surface area contributed by atoms with Crippen LogP contribution < -0.4 is 5.32 Å². The second-order valence-corrected chi connectivity index (χ2v) is 2.89. The SMILES string of the molecule is ClC1=CN=C2NC=CC2C1. The van der Waals surface area contributed by atoms with Gasteiger partial charge in [-0.1, -0.05) is 17.7 Å². The fourth-order valence-electron chi connectivity index (χ4n) is 1.15. The minimum Gasteiger partial charge on any atom is -0.350 e. The van der Waals surface area contributed by atoms with Gasteiger partial charge in [-0.25, -0.2) is 4.99 Å². The van der Waals surface area contributed by atoms with E-state index in [4.69, 9.17) is 11.6 Å². The molecule has 2 aliphatic rings. The molecule has 10 heavy (non-hydrogen) atoms. The van der Waals surface area contributed by atoms with E-state index in [1.54, 1.807) is 6.20 Å². The van der Waals surface area contributed by atoms with Crippen molar-refractivity contribution in [1.29, 1.82) is 0 Å². The van der Waals surface area contributed by atoms with Gasteiger partial charge in [0.05, 0.1) is 0 Å². The van der Waals surface area contributed by atoms with E-state index in [-0.39, 0.29) is 0 Å². The van der Waals surface area contributed by atoms with Crippen LogP contribution in [0.25, 0.3) is 0 Å². The zero-order chi connectivity index (χ0) is 6.97. The van der Waals surface area contributed by atoms with E-state index in [0.29, 0.717) is 5.92 Å². The monoisotopic (exact) mass is 154 g/mol. The maximum Gasteiger partial charge on any atom is 0.113 e. The summed E-state index contributed by atoms with van der Waals surface area (Å²) in [6.45, 7) is 0. The van der Waals surface area contributed by atoms with E-state index in [0.717, 1.165) is 17.3 Å². The molecule has 0 saturated heterocycles. The fraction of sp³-hybridized carbons (Fsp3) is 0.286. The molecule has 0 spiro atoms. The highest BCUT2D eigenvalue weighted by Gasteiger charge is 2.20. The number of halogens is 1. The average molecular weight is 155 g/mol. The average Bonchev–Trinajstić information content (AvgIpc) is 2.33. The van der Waals surface area contributed by atoms with Crippen LogP contribution in [0.5, 0.6) is 0 Å². The van der Waals surface area contributed by atoms with Gasteiger partial charge in [-0.05, 0) is 12.6 Å². The summed E-state index contributed by atoms with van der Waals surface area (Å²) in [6, 6.07) is 0. The number of nitrogens with one attached hydrogen (secondary N) is 1. The number of hydrogen-bond donors (Lipinski definition) is 1. The molecule has 0 aromatic rings. The van der Waals surface area contributed by atoms with Crippen LogP contribution in [0.15, 0.2) is 28.5 Å². The van der Waals surface area contributed by atoms with Crippen LogP contribution in [-0.2, 0) is 0 Å². The molecule has 0 aromatic heterocycles. The molecule has 2 heterocycles. The molecular formula is C7H7ClN2. The van der Waals surface area contributed by atoms with E-state index < -0.39 is 0 Å². The van der Waals surface area contributed by atoms with Crippen LogP contribution in [0.2, 0.25) is 0 Å².